The van der Waals surface area contributed by atoms with Crippen LogP contribution in [-0.2, 0) is 9.47 Å². The lowest BCUT2D eigenvalue weighted by Crippen LogP contribution is -2.20. The van der Waals surface area contributed by atoms with Crippen LogP contribution in [0.4, 0.5) is 0 Å². The summed E-state index contributed by atoms with van der Waals surface area (Å²) >= 11 is 0. The summed E-state index contributed by atoms with van der Waals surface area (Å²) in [5, 5.41) is 1.08. The molecule has 0 saturated carbocycles. The van der Waals surface area contributed by atoms with Gasteiger partial charge in [0.05, 0.1) is 6.61 Å². The Morgan fingerprint density at radius 1 is 1.05 bits per heavy atom. The van der Waals surface area contributed by atoms with Crippen molar-refractivity contribution >= 4 is 10.9 Å². The maximum Gasteiger partial charge on any atom is 0.160 e. The largest absolute Gasteiger partial charge is 0.491 e. The zero-order valence-electron chi connectivity index (χ0n) is 12.0. The molecule has 0 amide bonds. The molecule has 108 valence electrons. The minimum absolute atomic E-state index is 0.201. The van der Waals surface area contributed by atoms with E-state index in [0.717, 1.165) is 16.7 Å². The quantitative estimate of drug-likeness (QED) is 0.692. The first kappa shape index (κ1) is 14.8. The van der Waals surface area contributed by atoms with Gasteiger partial charge in [0.15, 0.2) is 6.29 Å². The molecule has 0 aliphatic carbocycles. The van der Waals surface area contributed by atoms with Gasteiger partial charge in [-0.3, -0.25) is 4.98 Å². The highest BCUT2D eigenvalue weighted by Crippen LogP contribution is 2.23. The Morgan fingerprint density at radius 2 is 1.80 bits per heavy atom. The third kappa shape index (κ3) is 3.92. The lowest BCUT2D eigenvalue weighted by atomic mass is 10.2. The highest BCUT2D eigenvalue weighted by molar-refractivity contribution is 5.84. The van der Waals surface area contributed by atoms with Gasteiger partial charge in [-0.1, -0.05) is 18.2 Å². The summed E-state index contributed by atoms with van der Waals surface area (Å²) < 4.78 is 16.8. The molecule has 0 aliphatic rings. The fourth-order valence-electron chi connectivity index (χ4n) is 2.04. The summed E-state index contributed by atoms with van der Waals surface area (Å²) in [6.07, 6.45) is 2.27. The molecule has 4 nitrogen and oxygen atoms in total. The molecule has 0 saturated heterocycles. The Bertz CT molecular complexity index is 519. The van der Waals surface area contributed by atoms with Crippen molar-refractivity contribution in [1.29, 1.82) is 0 Å². The number of pyridine rings is 1. The summed E-state index contributed by atoms with van der Waals surface area (Å²) in [6.45, 7) is 5.74. The minimum atomic E-state index is -0.201. The van der Waals surface area contributed by atoms with Crippen LogP contribution in [0.1, 0.15) is 20.3 Å². The van der Waals surface area contributed by atoms with E-state index in [1.54, 1.807) is 6.20 Å². The average molecular weight is 275 g/mol. The van der Waals surface area contributed by atoms with E-state index >= 15 is 0 Å². The molecule has 0 fully saturated rings. The number of rotatable bonds is 8. The number of aromatic nitrogens is 1. The second-order valence-electron chi connectivity index (χ2n) is 4.31. The van der Waals surface area contributed by atoms with Crippen LogP contribution >= 0.6 is 0 Å². The summed E-state index contributed by atoms with van der Waals surface area (Å²) in [4.78, 5) is 4.36. The Hall–Kier alpha value is -1.65. The highest BCUT2D eigenvalue weighted by Gasteiger charge is 2.09. The van der Waals surface area contributed by atoms with E-state index in [1.165, 1.54) is 0 Å². The van der Waals surface area contributed by atoms with E-state index in [0.29, 0.717) is 26.2 Å². The molecule has 2 rings (SSSR count). The topological polar surface area (TPSA) is 40.6 Å². The predicted molar refractivity (Wildman–Crippen MR) is 78.9 cm³/mol. The van der Waals surface area contributed by atoms with E-state index < -0.39 is 0 Å². The number of hydrogen-bond donors (Lipinski definition) is 0. The average Bonchev–Trinajstić information content (AvgIpc) is 2.48. The van der Waals surface area contributed by atoms with Gasteiger partial charge in [0.1, 0.15) is 11.3 Å². The van der Waals surface area contributed by atoms with Crippen molar-refractivity contribution in [3.05, 3.63) is 36.5 Å². The fourth-order valence-corrected chi connectivity index (χ4v) is 2.04. The second kappa shape index (κ2) is 7.82. The Labute approximate surface area is 119 Å². The molecule has 20 heavy (non-hydrogen) atoms. The standard InChI is InChI=1S/C16H21NO3/c1-3-18-15(19-4-2)10-12-20-14-9-5-7-13-8-6-11-17-16(13)14/h5-9,11,15H,3-4,10,12H2,1-2H3. The molecule has 1 aromatic carbocycles. The fraction of sp³-hybridized carbons (Fsp3) is 0.438. The maximum atomic E-state index is 5.82. The number of hydrogen-bond acceptors (Lipinski definition) is 4. The predicted octanol–water partition coefficient (Wildman–Crippen LogP) is 3.40. The third-order valence-corrected chi connectivity index (χ3v) is 2.91. The van der Waals surface area contributed by atoms with Crippen LogP contribution in [0.5, 0.6) is 5.75 Å². The number of ether oxygens (including phenoxy) is 3. The first-order valence-electron chi connectivity index (χ1n) is 7.05. The Morgan fingerprint density at radius 3 is 2.55 bits per heavy atom. The Balaban J connectivity index is 1.95. The smallest absolute Gasteiger partial charge is 0.160 e. The van der Waals surface area contributed by atoms with Gasteiger partial charge in [0.2, 0.25) is 0 Å². The summed E-state index contributed by atoms with van der Waals surface area (Å²) in [7, 11) is 0. The van der Waals surface area contributed by atoms with Gasteiger partial charge in [-0.2, -0.15) is 0 Å². The number of benzene rings is 1. The molecule has 0 aliphatic heterocycles. The van der Waals surface area contributed by atoms with Gasteiger partial charge in [-0.15, -0.1) is 0 Å². The Kier molecular flexibility index (Phi) is 5.77. The van der Waals surface area contributed by atoms with E-state index in [1.807, 2.05) is 44.2 Å². The van der Waals surface area contributed by atoms with Crippen molar-refractivity contribution in [3.63, 3.8) is 0 Å². The molecule has 0 atom stereocenters. The summed E-state index contributed by atoms with van der Waals surface area (Å²) in [5.41, 5.74) is 0.888. The zero-order chi connectivity index (χ0) is 14.2. The van der Waals surface area contributed by atoms with Crippen LogP contribution in [-0.4, -0.2) is 31.1 Å². The van der Waals surface area contributed by atoms with Gasteiger partial charge in [0, 0.05) is 31.2 Å². The number of nitrogens with zero attached hydrogens (tertiary/aromatic N) is 1. The molecule has 0 radical (unpaired) electrons. The first-order valence-corrected chi connectivity index (χ1v) is 7.05. The third-order valence-electron chi connectivity index (χ3n) is 2.91. The van der Waals surface area contributed by atoms with E-state index in [-0.39, 0.29) is 6.29 Å². The zero-order valence-corrected chi connectivity index (χ0v) is 12.0. The van der Waals surface area contributed by atoms with Crippen molar-refractivity contribution in [1.82, 2.24) is 4.98 Å². The van der Waals surface area contributed by atoms with Crippen molar-refractivity contribution in [2.45, 2.75) is 26.6 Å². The van der Waals surface area contributed by atoms with E-state index in [4.69, 9.17) is 14.2 Å². The molecule has 0 spiro atoms. The molecular formula is C16H21NO3. The molecule has 0 N–H and O–H groups in total. The van der Waals surface area contributed by atoms with Gasteiger partial charge in [0.25, 0.3) is 0 Å². The van der Waals surface area contributed by atoms with Crippen molar-refractivity contribution < 1.29 is 14.2 Å². The highest BCUT2D eigenvalue weighted by atomic mass is 16.7. The molecule has 0 unspecified atom stereocenters. The lowest BCUT2D eigenvalue weighted by Gasteiger charge is -2.17. The van der Waals surface area contributed by atoms with Gasteiger partial charge in [-0.25, -0.2) is 0 Å². The molecule has 1 heterocycles. The van der Waals surface area contributed by atoms with Crippen LogP contribution in [0.25, 0.3) is 10.9 Å². The van der Waals surface area contributed by atoms with E-state index in [9.17, 15) is 0 Å². The number of para-hydroxylation sites is 1. The first-order chi connectivity index (χ1) is 9.85. The van der Waals surface area contributed by atoms with Crippen molar-refractivity contribution in [3.8, 4) is 5.75 Å². The summed E-state index contributed by atoms with van der Waals surface area (Å²) in [6, 6.07) is 9.89. The molecule has 1 aromatic heterocycles. The van der Waals surface area contributed by atoms with Crippen molar-refractivity contribution in [2.24, 2.45) is 0 Å². The lowest BCUT2D eigenvalue weighted by molar-refractivity contribution is -0.142. The van der Waals surface area contributed by atoms with Crippen LogP contribution in [0.15, 0.2) is 36.5 Å². The van der Waals surface area contributed by atoms with E-state index in [2.05, 4.69) is 4.98 Å². The SMILES string of the molecule is CCOC(CCOc1cccc2cccnc12)OCC. The molecular weight excluding hydrogens is 254 g/mol. The normalized spacial score (nSPS) is 11.2. The second-order valence-corrected chi connectivity index (χ2v) is 4.31. The molecule has 0 bridgehead atoms. The van der Waals surface area contributed by atoms with Crippen LogP contribution in [0, 0.1) is 0 Å². The maximum absolute atomic E-state index is 5.82. The van der Waals surface area contributed by atoms with Crippen LogP contribution in [0.2, 0.25) is 0 Å². The van der Waals surface area contributed by atoms with Crippen LogP contribution < -0.4 is 4.74 Å². The van der Waals surface area contributed by atoms with Gasteiger partial charge >= 0.3 is 0 Å². The number of fused-ring (bicyclic) bond motifs is 1. The van der Waals surface area contributed by atoms with Crippen molar-refractivity contribution in [2.75, 3.05) is 19.8 Å². The monoisotopic (exact) mass is 275 g/mol. The van der Waals surface area contributed by atoms with Gasteiger partial charge < -0.3 is 14.2 Å². The molecule has 4 heteroatoms. The molecule has 2 aromatic rings. The van der Waals surface area contributed by atoms with Gasteiger partial charge in [-0.05, 0) is 26.0 Å². The minimum Gasteiger partial charge on any atom is -0.491 e. The van der Waals surface area contributed by atoms with Crippen LogP contribution in [0.3, 0.4) is 0 Å². The summed E-state index contributed by atoms with van der Waals surface area (Å²) in [5.74, 6) is 0.801.